The molecule has 1 fully saturated rings. The van der Waals surface area contributed by atoms with Gasteiger partial charge in [-0.3, -0.25) is 4.90 Å². The van der Waals surface area contributed by atoms with Gasteiger partial charge in [0.2, 0.25) is 0 Å². The highest BCUT2D eigenvalue weighted by molar-refractivity contribution is 5.91. The van der Waals surface area contributed by atoms with E-state index in [4.69, 9.17) is 4.74 Å². The largest absolute Gasteiger partial charge is 0.496 e. The predicted molar refractivity (Wildman–Crippen MR) is 87.8 cm³/mol. The van der Waals surface area contributed by atoms with Crippen molar-refractivity contribution in [3.05, 3.63) is 42.0 Å². The lowest BCUT2D eigenvalue weighted by Gasteiger charge is -2.18. The van der Waals surface area contributed by atoms with Crippen molar-refractivity contribution in [1.29, 1.82) is 0 Å². The summed E-state index contributed by atoms with van der Waals surface area (Å²) in [7, 11) is 3.78. The van der Waals surface area contributed by atoms with Crippen LogP contribution in [0.15, 0.2) is 36.4 Å². The molecule has 0 aliphatic carbocycles. The lowest BCUT2D eigenvalue weighted by atomic mass is 10.0. The number of methoxy groups -OCH3 is 1. The highest BCUT2D eigenvalue weighted by Gasteiger charge is 2.22. The fourth-order valence-electron chi connectivity index (χ4n) is 3.40. The summed E-state index contributed by atoms with van der Waals surface area (Å²) in [6.45, 7) is 4.55. The Bertz CT molecular complexity index is 611. The Morgan fingerprint density at radius 3 is 2.76 bits per heavy atom. The van der Waals surface area contributed by atoms with Crippen LogP contribution in [0.3, 0.4) is 0 Å². The Balaban J connectivity index is 1.82. The number of hydrogen-bond acceptors (Lipinski definition) is 3. The third-order valence-electron chi connectivity index (χ3n) is 4.45. The SMILES string of the molecule is CNCC1CCN(Cc2ccc(OC)c3ccccc23)C1. The van der Waals surface area contributed by atoms with E-state index in [0.717, 1.165) is 24.8 Å². The van der Waals surface area contributed by atoms with Gasteiger partial charge in [-0.15, -0.1) is 0 Å². The first-order valence-corrected chi connectivity index (χ1v) is 7.73. The van der Waals surface area contributed by atoms with Crippen molar-refractivity contribution in [3.8, 4) is 5.75 Å². The normalized spacial score (nSPS) is 19.2. The van der Waals surface area contributed by atoms with Gasteiger partial charge in [0, 0.05) is 18.5 Å². The van der Waals surface area contributed by atoms with Crippen molar-refractivity contribution < 1.29 is 4.74 Å². The van der Waals surface area contributed by atoms with Crippen molar-refractivity contribution in [2.75, 3.05) is 33.8 Å². The molecule has 0 saturated carbocycles. The summed E-state index contributed by atoms with van der Waals surface area (Å²) in [6, 6.07) is 12.8. The summed E-state index contributed by atoms with van der Waals surface area (Å²) >= 11 is 0. The molecule has 0 amide bonds. The number of rotatable bonds is 5. The molecule has 0 radical (unpaired) electrons. The average molecular weight is 284 g/mol. The van der Waals surface area contributed by atoms with Gasteiger partial charge in [-0.05, 0) is 49.5 Å². The first-order chi connectivity index (χ1) is 10.3. The summed E-state index contributed by atoms with van der Waals surface area (Å²) in [6.07, 6.45) is 1.30. The summed E-state index contributed by atoms with van der Waals surface area (Å²) in [4.78, 5) is 2.57. The molecule has 1 unspecified atom stereocenters. The number of ether oxygens (including phenoxy) is 1. The second kappa shape index (κ2) is 6.46. The first-order valence-electron chi connectivity index (χ1n) is 7.73. The van der Waals surface area contributed by atoms with Gasteiger partial charge in [0.1, 0.15) is 5.75 Å². The highest BCUT2D eigenvalue weighted by atomic mass is 16.5. The van der Waals surface area contributed by atoms with Crippen LogP contribution >= 0.6 is 0 Å². The van der Waals surface area contributed by atoms with E-state index in [9.17, 15) is 0 Å². The molecule has 2 aromatic rings. The van der Waals surface area contributed by atoms with E-state index in [0.29, 0.717) is 0 Å². The molecule has 1 atom stereocenters. The maximum atomic E-state index is 5.48. The lowest BCUT2D eigenvalue weighted by Crippen LogP contribution is -2.24. The maximum absolute atomic E-state index is 5.48. The predicted octanol–water partition coefficient (Wildman–Crippen LogP) is 2.89. The Morgan fingerprint density at radius 1 is 1.19 bits per heavy atom. The molecule has 3 heteroatoms. The zero-order chi connectivity index (χ0) is 14.7. The van der Waals surface area contributed by atoms with Crippen LogP contribution in [0.1, 0.15) is 12.0 Å². The maximum Gasteiger partial charge on any atom is 0.126 e. The van der Waals surface area contributed by atoms with Gasteiger partial charge in [0.15, 0.2) is 0 Å². The summed E-state index contributed by atoms with van der Waals surface area (Å²) < 4.78 is 5.48. The van der Waals surface area contributed by atoms with Crippen molar-refractivity contribution in [3.63, 3.8) is 0 Å². The molecule has 1 saturated heterocycles. The highest BCUT2D eigenvalue weighted by Crippen LogP contribution is 2.30. The van der Waals surface area contributed by atoms with Crippen LogP contribution in [0.2, 0.25) is 0 Å². The molecule has 0 aromatic heterocycles. The van der Waals surface area contributed by atoms with Gasteiger partial charge in [0.25, 0.3) is 0 Å². The number of fused-ring (bicyclic) bond motifs is 1. The Hall–Kier alpha value is -1.58. The van der Waals surface area contributed by atoms with Gasteiger partial charge < -0.3 is 10.1 Å². The molecule has 0 spiro atoms. The third kappa shape index (κ3) is 3.04. The van der Waals surface area contributed by atoms with Crippen LogP contribution in [0.5, 0.6) is 5.75 Å². The molecule has 21 heavy (non-hydrogen) atoms. The molecule has 1 aliphatic heterocycles. The van der Waals surface area contributed by atoms with E-state index >= 15 is 0 Å². The zero-order valence-corrected chi connectivity index (χ0v) is 12.9. The van der Waals surface area contributed by atoms with Crippen LogP contribution < -0.4 is 10.1 Å². The number of likely N-dealkylation sites (tertiary alicyclic amines) is 1. The number of nitrogens with one attached hydrogen (secondary N) is 1. The van der Waals surface area contributed by atoms with Crippen LogP contribution in [0, 0.1) is 5.92 Å². The minimum atomic E-state index is 0.791. The molecule has 1 heterocycles. The first kappa shape index (κ1) is 14.4. The fourth-order valence-corrected chi connectivity index (χ4v) is 3.40. The summed E-state index contributed by atoms with van der Waals surface area (Å²) in [5.74, 6) is 1.75. The van der Waals surface area contributed by atoms with E-state index in [1.54, 1.807) is 7.11 Å². The van der Waals surface area contributed by atoms with Crippen molar-refractivity contribution >= 4 is 10.8 Å². The number of benzene rings is 2. The minimum absolute atomic E-state index is 0.791. The van der Waals surface area contributed by atoms with Crippen LogP contribution in [-0.4, -0.2) is 38.7 Å². The molecule has 3 nitrogen and oxygen atoms in total. The molecule has 0 bridgehead atoms. The summed E-state index contributed by atoms with van der Waals surface area (Å²) in [5, 5.41) is 5.82. The van der Waals surface area contributed by atoms with Gasteiger partial charge >= 0.3 is 0 Å². The van der Waals surface area contributed by atoms with Gasteiger partial charge in [-0.1, -0.05) is 30.3 Å². The van der Waals surface area contributed by atoms with E-state index in [1.165, 1.54) is 35.8 Å². The smallest absolute Gasteiger partial charge is 0.126 e. The molecular weight excluding hydrogens is 260 g/mol. The van der Waals surface area contributed by atoms with Gasteiger partial charge in [0.05, 0.1) is 7.11 Å². The van der Waals surface area contributed by atoms with Crippen molar-refractivity contribution in [2.24, 2.45) is 5.92 Å². The monoisotopic (exact) mass is 284 g/mol. The van der Waals surface area contributed by atoms with Gasteiger partial charge in [-0.2, -0.15) is 0 Å². The van der Waals surface area contributed by atoms with E-state index in [2.05, 4.69) is 46.6 Å². The number of nitrogens with zero attached hydrogens (tertiary/aromatic N) is 1. The Morgan fingerprint density at radius 2 is 2.00 bits per heavy atom. The van der Waals surface area contributed by atoms with E-state index in [1.807, 2.05) is 7.05 Å². The second-order valence-electron chi connectivity index (χ2n) is 5.92. The molecule has 112 valence electrons. The van der Waals surface area contributed by atoms with Crippen LogP contribution in [0.25, 0.3) is 10.8 Å². The molecule has 2 aromatic carbocycles. The van der Waals surface area contributed by atoms with Gasteiger partial charge in [-0.25, -0.2) is 0 Å². The molecule has 1 aliphatic rings. The number of hydrogen-bond donors (Lipinski definition) is 1. The van der Waals surface area contributed by atoms with E-state index < -0.39 is 0 Å². The third-order valence-corrected chi connectivity index (χ3v) is 4.45. The zero-order valence-electron chi connectivity index (χ0n) is 12.9. The van der Waals surface area contributed by atoms with Crippen molar-refractivity contribution in [2.45, 2.75) is 13.0 Å². The Labute approximate surface area is 126 Å². The van der Waals surface area contributed by atoms with E-state index in [-0.39, 0.29) is 0 Å². The van der Waals surface area contributed by atoms with Crippen molar-refractivity contribution in [1.82, 2.24) is 10.2 Å². The quantitative estimate of drug-likeness (QED) is 0.913. The summed E-state index contributed by atoms with van der Waals surface area (Å²) in [5.41, 5.74) is 1.40. The standard InChI is InChI=1S/C18H24N2O/c1-19-11-14-9-10-20(12-14)13-15-7-8-18(21-2)17-6-4-3-5-16(15)17/h3-8,14,19H,9-13H2,1-2H3. The molecule has 3 rings (SSSR count). The molecule has 1 N–H and O–H groups in total. The minimum Gasteiger partial charge on any atom is -0.496 e. The Kier molecular flexibility index (Phi) is 4.42. The fraction of sp³-hybridized carbons (Fsp3) is 0.444. The van der Waals surface area contributed by atoms with Crippen LogP contribution in [-0.2, 0) is 6.54 Å². The van der Waals surface area contributed by atoms with Crippen LogP contribution in [0.4, 0.5) is 0 Å². The molecular formula is C18H24N2O. The lowest BCUT2D eigenvalue weighted by molar-refractivity contribution is 0.316. The topological polar surface area (TPSA) is 24.5 Å². The second-order valence-corrected chi connectivity index (χ2v) is 5.92. The average Bonchev–Trinajstić information content (AvgIpc) is 2.95.